The van der Waals surface area contributed by atoms with Gasteiger partial charge in [0.15, 0.2) is 5.52 Å². The van der Waals surface area contributed by atoms with Gasteiger partial charge >= 0.3 is 5.63 Å². The number of aromatic nitrogens is 2. The van der Waals surface area contributed by atoms with Crippen LogP contribution in [-0.2, 0) is 0 Å². The number of nitrogens with two attached hydrogens (primary N) is 1. The van der Waals surface area contributed by atoms with Crippen LogP contribution in [0.25, 0.3) is 10.2 Å². The molecule has 2 rings (SSSR count). The number of fused-ring (bicyclic) bond motifs is 1. The molecule has 0 radical (unpaired) electrons. The third-order valence-corrected chi connectivity index (χ3v) is 2.55. The smallest absolute Gasteiger partial charge is 0.367 e. The number of rotatable bonds is 1. The molecular weight excluding hydrogens is 220 g/mol. The minimum absolute atomic E-state index is 0.0211. The number of nitrogens with zero attached hydrogens (tertiary/aromatic N) is 2. The van der Waals surface area contributed by atoms with Gasteiger partial charge in [-0.1, -0.05) is 4.49 Å². The Balaban J connectivity index is 2.88. The fourth-order valence-electron chi connectivity index (χ4n) is 1.14. The molecule has 0 bridgehead atoms. The minimum atomic E-state index is -0.691. The second-order valence-electron chi connectivity index (χ2n) is 2.66. The van der Waals surface area contributed by atoms with E-state index in [1.54, 1.807) is 0 Å². The quantitative estimate of drug-likeness (QED) is 0.683. The Hall–Kier alpha value is -1.96. The molecule has 0 spiro atoms. The molecule has 2 aromatic rings. The fourth-order valence-corrected chi connectivity index (χ4v) is 1.84. The molecule has 7 nitrogen and oxygen atoms in total. The van der Waals surface area contributed by atoms with E-state index >= 15 is 0 Å². The van der Waals surface area contributed by atoms with Gasteiger partial charge in [0.05, 0.1) is 0 Å². The second-order valence-corrected chi connectivity index (χ2v) is 3.41. The molecule has 0 unspecified atom stereocenters. The van der Waals surface area contributed by atoms with Gasteiger partial charge in [-0.15, -0.1) is 5.10 Å². The van der Waals surface area contributed by atoms with Crippen molar-refractivity contribution in [3.05, 3.63) is 16.0 Å². The number of anilines is 1. The molecule has 3 N–H and O–H groups in total. The third-order valence-electron chi connectivity index (χ3n) is 1.81. The van der Waals surface area contributed by atoms with E-state index in [0.717, 1.165) is 11.5 Å². The maximum atomic E-state index is 11.5. The van der Waals surface area contributed by atoms with Gasteiger partial charge in [-0.3, -0.25) is 4.79 Å². The summed E-state index contributed by atoms with van der Waals surface area (Å²) >= 11 is 0.924. The second kappa shape index (κ2) is 3.31. The van der Waals surface area contributed by atoms with E-state index in [2.05, 4.69) is 19.3 Å². The normalized spacial score (nSPS) is 10.5. The summed E-state index contributed by atoms with van der Waals surface area (Å²) in [6.07, 6.45) is 0. The summed E-state index contributed by atoms with van der Waals surface area (Å²) in [5.74, 6) is -0.662. The van der Waals surface area contributed by atoms with E-state index in [0.29, 0.717) is 4.70 Å². The lowest BCUT2D eigenvalue weighted by atomic mass is 10.2. The van der Waals surface area contributed by atoms with Crippen LogP contribution in [0, 0.1) is 0 Å². The highest BCUT2D eigenvalue weighted by Gasteiger charge is 2.20. The number of hydrogen-bond donors (Lipinski definition) is 2. The monoisotopic (exact) mass is 226 g/mol. The number of hydrogen-bond acceptors (Lipinski definition) is 7. The Labute approximate surface area is 87.0 Å². The summed E-state index contributed by atoms with van der Waals surface area (Å²) in [5, 5.41) is 5.96. The predicted molar refractivity (Wildman–Crippen MR) is 53.8 cm³/mol. The van der Waals surface area contributed by atoms with Crippen LogP contribution in [0.1, 0.15) is 10.4 Å². The molecule has 0 fully saturated rings. The number of amides is 1. The highest BCUT2D eigenvalue weighted by molar-refractivity contribution is 7.13. The number of nitrogens with one attached hydrogen (secondary N) is 1. The molecular formula is C7H6N4O3S. The van der Waals surface area contributed by atoms with E-state index in [4.69, 9.17) is 5.73 Å². The molecule has 0 saturated heterocycles. The Morgan fingerprint density at radius 1 is 1.60 bits per heavy atom. The van der Waals surface area contributed by atoms with E-state index in [1.807, 2.05) is 0 Å². The van der Waals surface area contributed by atoms with Crippen molar-refractivity contribution in [1.29, 1.82) is 0 Å². The van der Waals surface area contributed by atoms with Crippen molar-refractivity contribution in [2.24, 2.45) is 0 Å². The molecule has 1 amide bonds. The molecule has 78 valence electrons. The number of carbonyl (C=O) groups is 1. The summed E-state index contributed by atoms with van der Waals surface area (Å²) in [7, 11) is 1.45. The Kier molecular flexibility index (Phi) is 2.12. The van der Waals surface area contributed by atoms with E-state index in [1.165, 1.54) is 7.05 Å². The zero-order valence-corrected chi connectivity index (χ0v) is 8.42. The molecule has 0 aromatic carbocycles. The Morgan fingerprint density at radius 3 is 3.00 bits per heavy atom. The van der Waals surface area contributed by atoms with Gasteiger partial charge in [0.1, 0.15) is 10.3 Å². The summed E-state index contributed by atoms with van der Waals surface area (Å²) < 4.78 is 8.58. The van der Waals surface area contributed by atoms with Crippen molar-refractivity contribution in [2.75, 3.05) is 12.8 Å². The molecule has 2 aromatic heterocycles. The summed E-state index contributed by atoms with van der Waals surface area (Å²) in [5.41, 5.74) is 4.88. The lowest BCUT2D eigenvalue weighted by molar-refractivity contribution is 0.0964. The van der Waals surface area contributed by atoms with Crippen molar-refractivity contribution in [3.63, 3.8) is 0 Å². The van der Waals surface area contributed by atoms with Crippen LogP contribution in [0.2, 0.25) is 0 Å². The molecule has 0 saturated carbocycles. The highest BCUT2D eigenvalue weighted by atomic mass is 32.1. The Morgan fingerprint density at radius 2 is 2.33 bits per heavy atom. The van der Waals surface area contributed by atoms with Gasteiger partial charge in [-0.2, -0.15) is 0 Å². The maximum Gasteiger partial charge on any atom is 0.367 e. The predicted octanol–water partition coefficient (Wildman–Crippen LogP) is -0.414. The average molecular weight is 226 g/mol. The summed E-state index contributed by atoms with van der Waals surface area (Å²) in [6, 6.07) is 0. The van der Waals surface area contributed by atoms with Gasteiger partial charge < -0.3 is 15.5 Å². The molecule has 15 heavy (non-hydrogen) atoms. The van der Waals surface area contributed by atoms with Gasteiger partial charge in [0.2, 0.25) is 5.88 Å². The molecule has 0 aliphatic carbocycles. The molecule has 8 heteroatoms. The van der Waals surface area contributed by atoms with Crippen LogP contribution >= 0.6 is 11.5 Å². The zero-order valence-electron chi connectivity index (χ0n) is 7.60. The third kappa shape index (κ3) is 1.34. The molecule has 2 heterocycles. The first-order valence-corrected chi connectivity index (χ1v) is 4.69. The largest absolute Gasteiger partial charge is 0.404 e. The van der Waals surface area contributed by atoms with E-state index in [-0.39, 0.29) is 17.0 Å². The highest BCUT2D eigenvalue weighted by Crippen LogP contribution is 2.22. The van der Waals surface area contributed by atoms with Crippen molar-refractivity contribution < 1.29 is 9.21 Å². The standard InChI is InChI=1S/C7H6N4O3S/c1-9-6(12)2-4-3(10-11-15-4)7(13)14-5(2)8/h8H2,1H3,(H,9,12). The van der Waals surface area contributed by atoms with E-state index in [9.17, 15) is 9.59 Å². The van der Waals surface area contributed by atoms with E-state index < -0.39 is 11.5 Å². The first kappa shape index (κ1) is 9.59. The van der Waals surface area contributed by atoms with Gasteiger partial charge in [-0.25, -0.2) is 4.79 Å². The molecule has 0 atom stereocenters. The van der Waals surface area contributed by atoms with Gasteiger partial charge in [0.25, 0.3) is 5.91 Å². The minimum Gasteiger partial charge on any atom is -0.404 e. The van der Waals surface area contributed by atoms with Crippen LogP contribution in [0.4, 0.5) is 5.88 Å². The first-order valence-electron chi connectivity index (χ1n) is 3.92. The first-order chi connectivity index (χ1) is 7.15. The topological polar surface area (TPSA) is 111 Å². The van der Waals surface area contributed by atoms with Gasteiger partial charge in [0, 0.05) is 7.05 Å². The van der Waals surface area contributed by atoms with Crippen LogP contribution in [-0.4, -0.2) is 22.5 Å². The molecule has 0 aliphatic rings. The summed E-state index contributed by atoms with van der Waals surface area (Å²) in [4.78, 5) is 22.7. The van der Waals surface area contributed by atoms with Crippen molar-refractivity contribution in [2.45, 2.75) is 0 Å². The Bertz CT molecular complexity index is 587. The average Bonchev–Trinajstić information content (AvgIpc) is 2.66. The van der Waals surface area contributed by atoms with Crippen LogP contribution < -0.4 is 16.7 Å². The van der Waals surface area contributed by atoms with Crippen molar-refractivity contribution >= 4 is 33.5 Å². The summed E-state index contributed by atoms with van der Waals surface area (Å²) in [6.45, 7) is 0. The fraction of sp³-hybridized carbons (Fsp3) is 0.143. The lowest BCUT2D eigenvalue weighted by Crippen LogP contribution is -2.21. The van der Waals surface area contributed by atoms with Gasteiger partial charge in [-0.05, 0) is 11.5 Å². The van der Waals surface area contributed by atoms with Crippen LogP contribution in [0.3, 0.4) is 0 Å². The van der Waals surface area contributed by atoms with Crippen molar-refractivity contribution in [1.82, 2.24) is 14.9 Å². The SMILES string of the molecule is CNC(=O)c1c(N)oc(=O)c2nnsc12. The molecule has 0 aliphatic heterocycles. The number of nitrogen functional groups attached to an aromatic ring is 1. The van der Waals surface area contributed by atoms with Crippen molar-refractivity contribution in [3.8, 4) is 0 Å². The maximum absolute atomic E-state index is 11.5. The zero-order chi connectivity index (χ0) is 11.0. The number of carbonyl (C=O) groups excluding carboxylic acids is 1. The van der Waals surface area contributed by atoms with Crippen LogP contribution in [0.5, 0.6) is 0 Å². The lowest BCUT2D eigenvalue weighted by Gasteiger charge is -2.01. The van der Waals surface area contributed by atoms with Crippen LogP contribution in [0.15, 0.2) is 9.21 Å².